The SMILES string of the molecule is C=CC(=C\CC)/C(C)=C/N=C(C)C(=NCCO)N/C=C\C. The summed E-state index contributed by atoms with van der Waals surface area (Å²) in [5.41, 5.74) is 2.91. The van der Waals surface area contributed by atoms with Crippen molar-refractivity contribution >= 4 is 11.5 Å². The Morgan fingerprint density at radius 2 is 2.05 bits per heavy atom. The highest BCUT2D eigenvalue weighted by Crippen LogP contribution is 2.11. The van der Waals surface area contributed by atoms with E-state index in [1.54, 1.807) is 6.20 Å². The second-order valence-electron chi connectivity index (χ2n) is 4.40. The molecule has 4 nitrogen and oxygen atoms in total. The fourth-order valence-corrected chi connectivity index (χ4v) is 1.54. The van der Waals surface area contributed by atoms with Crippen molar-refractivity contribution in [1.82, 2.24) is 5.32 Å². The molecule has 0 heterocycles. The normalized spacial score (nSPS) is 14.7. The average Bonchev–Trinajstić information content (AvgIpc) is 2.50. The smallest absolute Gasteiger partial charge is 0.146 e. The van der Waals surface area contributed by atoms with E-state index in [0.717, 1.165) is 23.3 Å². The van der Waals surface area contributed by atoms with Gasteiger partial charge in [0.15, 0.2) is 0 Å². The quantitative estimate of drug-likeness (QED) is 0.409. The maximum Gasteiger partial charge on any atom is 0.146 e. The number of nitrogens with zero attached hydrogens (tertiary/aromatic N) is 2. The molecule has 0 saturated heterocycles. The minimum atomic E-state index is 0.0169. The lowest BCUT2D eigenvalue weighted by molar-refractivity contribution is 0.307. The van der Waals surface area contributed by atoms with E-state index in [2.05, 4.69) is 34.9 Å². The molecule has 116 valence electrons. The molecule has 0 fully saturated rings. The minimum Gasteiger partial charge on any atom is -0.394 e. The molecule has 0 radical (unpaired) electrons. The third-order valence-electron chi connectivity index (χ3n) is 2.65. The Labute approximate surface area is 128 Å². The highest BCUT2D eigenvalue weighted by atomic mass is 16.3. The summed E-state index contributed by atoms with van der Waals surface area (Å²) in [5.74, 6) is 0.658. The van der Waals surface area contributed by atoms with Gasteiger partial charge in [-0.3, -0.25) is 9.98 Å². The molecular weight excluding hydrogens is 262 g/mol. The third kappa shape index (κ3) is 8.05. The molecule has 0 bridgehead atoms. The van der Waals surface area contributed by atoms with Crippen LogP contribution in [-0.2, 0) is 0 Å². The Morgan fingerprint density at radius 3 is 2.57 bits per heavy atom. The summed E-state index contributed by atoms with van der Waals surface area (Å²) in [4.78, 5) is 8.71. The summed E-state index contributed by atoms with van der Waals surface area (Å²) in [6.45, 7) is 12.1. The third-order valence-corrected chi connectivity index (χ3v) is 2.65. The van der Waals surface area contributed by atoms with Crippen LogP contribution in [0.25, 0.3) is 0 Å². The fourth-order valence-electron chi connectivity index (χ4n) is 1.54. The van der Waals surface area contributed by atoms with Crippen LogP contribution in [0.4, 0.5) is 0 Å². The average molecular weight is 289 g/mol. The van der Waals surface area contributed by atoms with Crippen molar-refractivity contribution in [2.24, 2.45) is 9.98 Å². The topological polar surface area (TPSA) is 57.0 Å². The van der Waals surface area contributed by atoms with Crippen LogP contribution in [0.1, 0.15) is 34.1 Å². The van der Waals surface area contributed by atoms with Gasteiger partial charge in [0.05, 0.1) is 18.9 Å². The Balaban J connectivity index is 5.19. The van der Waals surface area contributed by atoms with E-state index in [-0.39, 0.29) is 6.61 Å². The van der Waals surface area contributed by atoms with Gasteiger partial charge in [-0.2, -0.15) is 0 Å². The van der Waals surface area contributed by atoms with Crippen LogP contribution < -0.4 is 5.32 Å². The van der Waals surface area contributed by atoms with E-state index < -0.39 is 0 Å². The lowest BCUT2D eigenvalue weighted by Crippen LogP contribution is -2.26. The fraction of sp³-hybridized carbons (Fsp3) is 0.412. The van der Waals surface area contributed by atoms with Gasteiger partial charge in [-0.05, 0) is 44.5 Å². The van der Waals surface area contributed by atoms with E-state index in [1.807, 2.05) is 39.1 Å². The lowest BCUT2D eigenvalue weighted by Gasteiger charge is -2.06. The first-order valence-corrected chi connectivity index (χ1v) is 7.18. The molecule has 0 aromatic rings. The molecule has 0 aliphatic carbocycles. The molecule has 21 heavy (non-hydrogen) atoms. The molecule has 0 amide bonds. The highest BCUT2D eigenvalue weighted by Gasteiger charge is 2.01. The van der Waals surface area contributed by atoms with Gasteiger partial charge in [-0.25, -0.2) is 0 Å². The molecule has 0 aliphatic rings. The van der Waals surface area contributed by atoms with Crippen LogP contribution in [0, 0.1) is 0 Å². The molecule has 0 saturated carbocycles. The Bertz CT molecular complexity index is 468. The van der Waals surface area contributed by atoms with Crippen molar-refractivity contribution in [3.05, 3.63) is 48.4 Å². The molecule has 0 unspecified atom stereocenters. The maximum atomic E-state index is 8.88. The number of rotatable bonds is 8. The number of allylic oxidation sites excluding steroid dienone is 5. The number of nitrogens with one attached hydrogen (secondary N) is 1. The number of aliphatic hydroxyl groups is 1. The van der Waals surface area contributed by atoms with Crippen molar-refractivity contribution in [3.8, 4) is 0 Å². The van der Waals surface area contributed by atoms with Crippen molar-refractivity contribution < 1.29 is 5.11 Å². The molecule has 0 aliphatic heterocycles. The highest BCUT2D eigenvalue weighted by molar-refractivity contribution is 6.40. The van der Waals surface area contributed by atoms with E-state index >= 15 is 0 Å². The Morgan fingerprint density at radius 1 is 1.33 bits per heavy atom. The molecule has 4 heteroatoms. The van der Waals surface area contributed by atoms with Crippen LogP contribution in [0.3, 0.4) is 0 Å². The van der Waals surface area contributed by atoms with Gasteiger partial charge in [0.1, 0.15) is 5.84 Å². The van der Waals surface area contributed by atoms with Crippen LogP contribution in [-0.4, -0.2) is 29.8 Å². The first kappa shape index (κ1) is 19.1. The lowest BCUT2D eigenvalue weighted by atomic mass is 10.1. The first-order chi connectivity index (χ1) is 10.1. The Kier molecular flexibility index (Phi) is 10.8. The summed E-state index contributed by atoms with van der Waals surface area (Å²) in [6, 6.07) is 0. The molecule has 2 N–H and O–H groups in total. The van der Waals surface area contributed by atoms with Crippen molar-refractivity contribution in [2.45, 2.75) is 34.1 Å². The van der Waals surface area contributed by atoms with Crippen LogP contribution in [0.2, 0.25) is 0 Å². The van der Waals surface area contributed by atoms with Crippen molar-refractivity contribution in [3.63, 3.8) is 0 Å². The molecule has 0 atom stereocenters. The number of hydrogen-bond acceptors (Lipinski definition) is 3. The molecular formula is C17H27N3O. The monoisotopic (exact) mass is 289 g/mol. The van der Waals surface area contributed by atoms with E-state index in [0.29, 0.717) is 12.4 Å². The van der Waals surface area contributed by atoms with Crippen LogP contribution in [0.15, 0.2) is 58.3 Å². The van der Waals surface area contributed by atoms with Gasteiger partial charge in [0.2, 0.25) is 0 Å². The van der Waals surface area contributed by atoms with Gasteiger partial charge in [0.25, 0.3) is 0 Å². The standard InChI is InChI=1S/C17H27N3O/c1-6-9-16(8-3)14(4)13-20-15(5)17(18-10-7-2)19-11-12-21/h7-10,13,21H,3,6,11-12H2,1-2,4-5H3,(H,18,19)/b10-7-,14-13+,16-9+,20-15?. The second kappa shape index (κ2) is 11.9. The summed E-state index contributed by atoms with van der Waals surface area (Å²) in [5, 5.41) is 11.9. The zero-order valence-corrected chi connectivity index (χ0v) is 13.6. The van der Waals surface area contributed by atoms with Crippen molar-refractivity contribution in [1.29, 1.82) is 0 Å². The summed E-state index contributed by atoms with van der Waals surface area (Å²) >= 11 is 0. The molecule has 0 aromatic heterocycles. The molecule has 0 spiro atoms. The van der Waals surface area contributed by atoms with E-state index in [9.17, 15) is 0 Å². The predicted octanol–water partition coefficient (Wildman–Crippen LogP) is 3.39. The minimum absolute atomic E-state index is 0.0169. The van der Waals surface area contributed by atoms with Gasteiger partial charge in [-0.1, -0.05) is 31.7 Å². The summed E-state index contributed by atoms with van der Waals surface area (Å²) in [7, 11) is 0. The predicted molar refractivity (Wildman–Crippen MR) is 92.8 cm³/mol. The maximum absolute atomic E-state index is 8.88. The second-order valence-corrected chi connectivity index (χ2v) is 4.40. The first-order valence-electron chi connectivity index (χ1n) is 7.18. The van der Waals surface area contributed by atoms with Gasteiger partial charge < -0.3 is 10.4 Å². The zero-order chi connectivity index (χ0) is 16.1. The van der Waals surface area contributed by atoms with E-state index in [4.69, 9.17) is 5.11 Å². The van der Waals surface area contributed by atoms with Crippen LogP contribution >= 0.6 is 0 Å². The van der Waals surface area contributed by atoms with Gasteiger partial charge in [0, 0.05) is 6.20 Å². The Hall–Kier alpha value is -1.94. The number of hydrogen-bond donors (Lipinski definition) is 2. The number of aliphatic imine (C=N–C) groups is 2. The molecule has 0 aromatic carbocycles. The van der Waals surface area contributed by atoms with Gasteiger partial charge in [-0.15, -0.1) is 0 Å². The number of aliphatic hydroxyl groups excluding tert-OH is 1. The van der Waals surface area contributed by atoms with Gasteiger partial charge >= 0.3 is 0 Å². The van der Waals surface area contributed by atoms with Crippen molar-refractivity contribution in [2.75, 3.05) is 13.2 Å². The molecule has 0 rings (SSSR count). The largest absolute Gasteiger partial charge is 0.394 e. The zero-order valence-electron chi connectivity index (χ0n) is 13.6. The number of amidine groups is 1. The van der Waals surface area contributed by atoms with E-state index in [1.165, 1.54) is 0 Å². The summed E-state index contributed by atoms with van der Waals surface area (Å²) < 4.78 is 0. The van der Waals surface area contributed by atoms with Crippen LogP contribution in [0.5, 0.6) is 0 Å². The summed E-state index contributed by atoms with van der Waals surface area (Å²) in [6.07, 6.45) is 10.4.